The molecule has 9 nitrogen and oxygen atoms in total. The molecule has 1 aliphatic heterocycles. The summed E-state index contributed by atoms with van der Waals surface area (Å²) < 4.78 is 34.4. The van der Waals surface area contributed by atoms with Crippen molar-refractivity contribution in [2.45, 2.75) is 44.6 Å². The Bertz CT molecular complexity index is 1420. The Labute approximate surface area is 224 Å². The number of aromatic nitrogens is 2. The van der Waals surface area contributed by atoms with Crippen LogP contribution < -0.4 is 19.3 Å². The number of pyridine rings is 2. The zero-order valence-corrected chi connectivity index (χ0v) is 23.5. The third kappa shape index (κ3) is 5.60. The molecule has 1 fully saturated rings. The van der Waals surface area contributed by atoms with Gasteiger partial charge in [0.15, 0.2) is 0 Å². The van der Waals surface area contributed by atoms with Gasteiger partial charge in [-0.1, -0.05) is 6.92 Å². The van der Waals surface area contributed by atoms with Crippen LogP contribution in [0.3, 0.4) is 0 Å². The maximum absolute atomic E-state index is 13.5. The van der Waals surface area contributed by atoms with Gasteiger partial charge in [-0.25, -0.2) is 23.1 Å². The number of nitrogens with zero attached hydrogens (tertiary/aromatic N) is 4. The molecule has 1 saturated heterocycles. The second kappa shape index (κ2) is 10.6. The number of amides is 1. The van der Waals surface area contributed by atoms with Crippen molar-refractivity contribution in [1.29, 1.82) is 0 Å². The van der Waals surface area contributed by atoms with Crippen molar-refractivity contribution in [3.05, 3.63) is 60.3 Å². The van der Waals surface area contributed by atoms with Crippen LogP contribution in [0.1, 0.15) is 44.5 Å². The number of rotatable bonds is 8. The Kier molecular flexibility index (Phi) is 7.64. The van der Waals surface area contributed by atoms with Crippen molar-refractivity contribution >= 4 is 27.6 Å². The van der Waals surface area contributed by atoms with E-state index in [-0.39, 0.29) is 21.8 Å². The highest BCUT2D eigenvalue weighted by atomic mass is 32.2. The molecular formula is C28H35N5O4S. The van der Waals surface area contributed by atoms with E-state index >= 15 is 0 Å². The number of hydrogen-bond donors (Lipinski definition) is 1. The topological polar surface area (TPSA) is 105 Å². The summed E-state index contributed by atoms with van der Waals surface area (Å²) in [5.41, 5.74) is 1.48. The number of carbonyl (C=O) groups is 1. The average molecular weight is 538 g/mol. The molecule has 1 amide bonds. The minimum absolute atomic E-state index is 0.0750. The van der Waals surface area contributed by atoms with E-state index in [0.29, 0.717) is 30.6 Å². The minimum Gasteiger partial charge on any atom is -0.494 e. The molecule has 0 unspecified atom stereocenters. The Morgan fingerprint density at radius 2 is 1.87 bits per heavy atom. The highest BCUT2D eigenvalue weighted by molar-refractivity contribution is 7.90. The largest absolute Gasteiger partial charge is 0.494 e. The number of benzene rings is 1. The summed E-state index contributed by atoms with van der Waals surface area (Å²) in [7, 11) is -0.808. The molecule has 1 atom stereocenters. The summed E-state index contributed by atoms with van der Waals surface area (Å²) >= 11 is 0. The number of ether oxygens (including phenoxy) is 1. The Balaban J connectivity index is 1.75. The van der Waals surface area contributed by atoms with E-state index in [4.69, 9.17) is 9.72 Å². The summed E-state index contributed by atoms with van der Waals surface area (Å²) in [4.78, 5) is 26.2. The summed E-state index contributed by atoms with van der Waals surface area (Å²) in [6.07, 6.45) is 2.43. The standard InChI is InChI=1S/C28H35N5O4S/c1-7-37-21-12-10-20(11-13-21)23-15-14-22(25(30-23)33-18-19(2)17-28(33,3)4)27(34)31-38(35,36)24-9-8-16-29-26(24)32(5)6/h8-16,19H,7,17-18H2,1-6H3,(H,31,34)/t19-/m0/s1. The molecule has 10 heteroatoms. The van der Waals surface area contributed by atoms with Gasteiger partial charge in [-0.05, 0) is 81.6 Å². The third-order valence-corrected chi connectivity index (χ3v) is 7.95. The summed E-state index contributed by atoms with van der Waals surface area (Å²) in [5, 5.41) is 0. The van der Waals surface area contributed by atoms with Gasteiger partial charge >= 0.3 is 0 Å². The van der Waals surface area contributed by atoms with Crippen LogP contribution in [-0.2, 0) is 10.0 Å². The van der Waals surface area contributed by atoms with Crippen LogP contribution in [0.5, 0.6) is 5.75 Å². The second-order valence-corrected chi connectivity index (χ2v) is 12.1. The first-order chi connectivity index (χ1) is 17.9. The predicted octanol–water partition coefficient (Wildman–Crippen LogP) is 4.35. The molecule has 38 heavy (non-hydrogen) atoms. The van der Waals surface area contributed by atoms with Crippen molar-refractivity contribution < 1.29 is 17.9 Å². The fraction of sp³-hybridized carbons (Fsp3) is 0.393. The molecule has 3 heterocycles. The van der Waals surface area contributed by atoms with Crippen LogP contribution in [0, 0.1) is 5.92 Å². The molecule has 3 aromatic rings. The number of carbonyl (C=O) groups excluding carboxylic acids is 1. The molecule has 0 radical (unpaired) electrons. The fourth-order valence-electron chi connectivity index (χ4n) is 5.00. The van der Waals surface area contributed by atoms with Crippen molar-refractivity contribution in [1.82, 2.24) is 14.7 Å². The van der Waals surface area contributed by atoms with Crippen molar-refractivity contribution in [3.8, 4) is 17.0 Å². The first kappa shape index (κ1) is 27.4. The van der Waals surface area contributed by atoms with Crippen LogP contribution in [-0.4, -0.2) is 57.1 Å². The Morgan fingerprint density at radius 3 is 2.47 bits per heavy atom. The van der Waals surface area contributed by atoms with E-state index < -0.39 is 15.9 Å². The normalized spacial score (nSPS) is 16.8. The van der Waals surface area contributed by atoms with Crippen LogP contribution in [0.4, 0.5) is 11.6 Å². The first-order valence-corrected chi connectivity index (χ1v) is 14.1. The lowest BCUT2D eigenvalue weighted by atomic mass is 9.97. The molecule has 0 saturated carbocycles. The van der Waals surface area contributed by atoms with Crippen LogP contribution in [0.25, 0.3) is 11.3 Å². The molecule has 1 N–H and O–H groups in total. The van der Waals surface area contributed by atoms with Gasteiger partial charge in [0, 0.05) is 37.9 Å². The minimum atomic E-state index is -4.20. The summed E-state index contributed by atoms with van der Waals surface area (Å²) in [5.74, 6) is 1.11. The quantitative estimate of drug-likeness (QED) is 0.452. The van der Waals surface area contributed by atoms with Gasteiger partial charge in [-0.3, -0.25) is 4.79 Å². The molecule has 0 bridgehead atoms. The number of hydrogen-bond acceptors (Lipinski definition) is 8. The zero-order chi connectivity index (χ0) is 27.7. The highest BCUT2D eigenvalue weighted by Gasteiger charge is 2.39. The number of anilines is 2. The second-order valence-electron chi connectivity index (χ2n) is 10.4. The van der Waals surface area contributed by atoms with Gasteiger partial charge in [0.1, 0.15) is 22.3 Å². The van der Waals surface area contributed by atoms with E-state index in [1.807, 2.05) is 31.2 Å². The van der Waals surface area contributed by atoms with E-state index in [1.54, 1.807) is 31.1 Å². The lowest BCUT2D eigenvalue weighted by molar-refractivity contribution is 0.0981. The maximum atomic E-state index is 13.5. The van der Waals surface area contributed by atoms with Gasteiger partial charge in [-0.2, -0.15) is 0 Å². The van der Waals surface area contributed by atoms with Gasteiger partial charge in [0.2, 0.25) is 0 Å². The molecule has 202 valence electrons. The highest BCUT2D eigenvalue weighted by Crippen LogP contribution is 2.38. The average Bonchev–Trinajstić information content (AvgIpc) is 3.15. The molecule has 2 aromatic heterocycles. The SMILES string of the molecule is CCOc1ccc(-c2ccc(C(=O)NS(=O)(=O)c3cccnc3N(C)C)c(N3C[C@@H](C)CC3(C)C)n2)cc1. The van der Waals surface area contributed by atoms with Crippen LogP contribution >= 0.6 is 0 Å². The van der Waals surface area contributed by atoms with E-state index in [1.165, 1.54) is 18.3 Å². The van der Waals surface area contributed by atoms with E-state index in [0.717, 1.165) is 17.7 Å². The maximum Gasteiger partial charge on any atom is 0.268 e. The molecular weight excluding hydrogens is 502 g/mol. The predicted molar refractivity (Wildman–Crippen MR) is 149 cm³/mol. The van der Waals surface area contributed by atoms with Gasteiger partial charge < -0.3 is 14.5 Å². The Hall–Kier alpha value is -3.66. The van der Waals surface area contributed by atoms with Crippen molar-refractivity contribution in [2.24, 2.45) is 5.92 Å². The molecule has 0 aliphatic carbocycles. The number of sulfonamides is 1. The zero-order valence-electron chi connectivity index (χ0n) is 22.7. The van der Waals surface area contributed by atoms with Crippen LogP contribution in [0.15, 0.2) is 59.6 Å². The van der Waals surface area contributed by atoms with E-state index in [2.05, 4.69) is 35.4 Å². The molecule has 1 aromatic carbocycles. The van der Waals surface area contributed by atoms with E-state index in [9.17, 15) is 13.2 Å². The lowest BCUT2D eigenvalue weighted by Crippen LogP contribution is -2.41. The third-order valence-electron chi connectivity index (χ3n) is 6.60. The lowest BCUT2D eigenvalue weighted by Gasteiger charge is -2.34. The molecule has 0 spiro atoms. The smallest absolute Gasteiger partial charge is 0.268 e. The van der Waals surface area contributed by atoms with Crippen molar-refractivity contribution in [2.75, 3.05) is 37.0 Å². The monoisotopic (exact) mass is 537 g/mol. The summed E-state index contributed by atoms with van der Waals surface area (Å²) in [6.45, 7) is 9.59. The molecule has 4 rings (SSSR count). The van der Waals surface area contributed by atoms with Gasteiger partial charge in [0.25, 0.3) is 15.9 Å². The first-order valence-electron chi connectivity index (χ1n) is 12.6. The Morgan fingerprint density at radius 1 is 1.16 bits per heavy atom. The van der Waals surface area contributed by atoms with Crippen LogP contribution in [0.2, 0.25) is 0 Å². The molecule has 1 aliphatic rings. The summed E-state index contributed by atoms with van der Waals surface area (Å²) in [6, 6.07) is 13.9. The number of nitrogens with one attached hydrogen (secondary N) is 1. The van der Waals surface area contributed by atoms with Gasteiger partial charge in [0.05, 0.1) is 17.9 Å². The van der Waals surface area contributed by atoms with Crippen molar-refractivity contribution in [3.63, 3.8) is 0 Å². The fourth-order valence-corrected chi connectivity index (χ4v) is 6.20. The van der Waals surface area contributed by atoms with Gasteiger partial charge in [-0.15, -0.1) is 0 Å².